The summed E-state index contributed by atoms with van der Waals surface area (Å²) in [4.78, 5) is 13.5. The first-order valence-corrected chi connectivity index (χ1v) is 6.27. The number of H-pyrrole nitrogens is 1. The normalized spacial score (nSPS) is 10.5. The lowest BCUT2D eigenvalue weighted by Gasteiger charge is -1.97. The van der Waals surface area contributed by atoms with Crippen molar-refractivity contribution in [2.75, 3.05) is 6.54 Å². The van der Waals surface area contributed by atoms with Gasteiger partial charge in [0, 0.05) is 17.0 Å². The van der Waals surface area contributed by atoms with Gasteiger partial charge in [-0.25, -0.2) is 4.79 Å². The van der Waals surface area contributed by atoms with Crippen LogP contribution in [0.1, 0.15) is 22.5 Å². The average molecular weight is 283 g/mol. The van der Waals surface area contributed by atoms with Crippen molar-refractivity contribution in [3.8, 4) is 11.3 Å². The Bertz CT molecular complexity index is 696. The maximum Gasteiger partial charge on any atom is 0.353 e. The van der Waals surface area contributed by atoms with Crippen molar-refractivity contribution in [2.45, 2.75) is 6.42 Å². The molecule has 0 aliphatic rings. The van der Waals surface area contributed by atoms with Gasteiger partial charge in [0.25, 0.3) is 0 Å². The molecule has 1 aromatic heterocycles. The van der Waals surface area contributed by atoms with Gasteiger partial charge in [-0.15, -0.1) is 0 Å². The minimum atomic E-state index is -1.03. The zero-order chi connectivity index (χ0) is 15.1. The molecule has 2 N–H and O–H groups in total. The fraction of sp³-hybridized carbons (Fsp3) is 0.143. The molecule has 2 aromatic rings. The molecule has 1 heterocycles. The Kier molecular flexibility index (Phi) is 4.74. The number of carbonyl (C=O) groups is 1. The Labute approximate surface area is 120 Å². The summed E-state index contributed by atoms with van der Waals surface area (Å²) in [6.45, 7) is 0.441. The molecule has 106 valence electrons. The first-order chi connectivity index (χ1) is 10.2. The van der Waals surface area contributed by atoms with Gasteiger partial charge in [-0.1, -0.05) is 41.5 Å². The van der Waals surface area contributed by atoms with Gasteiger partial charge in [-0.3, -0.25) is 5.10 Å². The van der Waals surface area contributed by atoms with Crippen molar-refractivity contribution in [2.24, 2.45) is 5.11 Å². The third-order valence-corrected chi connectivity index (χ3v) is 2.78. The molecule has 1 aromatic carbocycles. The summed E-state index contributed by atoms with van der Waals surface area (Å²) < 4.78 is 0. The molecule has 0 saturated carbocycles. The number of aromatic nitrogens is 2. The molecule has 0 saturated heterocycles. The first-order valence-electron chi connectivity index (χ1n) is 6.27. The second kappa shape index (κ2) is 6.93. The number of nitrogens with one attached hydrogen (secondary N) is 1. The van der Waals surface area contributed by atoms with E-state index in [1.807, 2.05) is 36.4 Å². The molecule has 2 rings (SSSR count). The number of nitrogens with zero attached hydrogens (tertiary/aromatic N) is 4. The molecule has 0 atom stereocenters. The number of benzene rings is 1. The van der Waals surface area contributed by atoms with E-state index in [2.05, 4.69) is 20.2 Å². The lowest BCUT2D eigenvalue weighted by molar-refractivity contribution is 0.0690. The van der Waals surface area contributed by atoms with E-state index in [4.69, 9.17) is 10.6 Å². The third kappa shape index (κ3) is 3.95. The van der Waals surface area contributed by atoms with Gasteiger partial charge >= 0.3 is 5.97 Å². The number of aromatic amines is 1. The summed E-state index contributed by atoms with van der Waals surface area (Å²) in [5.41, 5.74) is 10.6. The lowest BCUT2D eigenvalue weighted by atomic mass is 10.1. The van der Waals surface area contributed by atoms with Gasteiger partial charge in [-0.2, -0.15) is 5.10 Å². The summed E-state index contributed by atoms with van der Waals surface area (Å²) in [6, 6.07) is 9.06. The van der Waals surface area contributed by atoms with E-state index in [0.717, 1.165) is 11.1 Å². The zero-order valence-corrected chi connectivity index (χ0v) is 11.1. The van der Waals surface area contributed by atoms with Crippen LogP contribution in [-0.4, -0.2) is 27.8 Å². The number of aromatic carboxylic acids is 1. The fourth-order valence-corrected chi connectivity index (χ4v) is 1.74. The molecule has 0 spiro atoms. The molecule has 0 radical (unpaired) electrons. The van der Waals surface area contributed by atoms with E-state index in [-0.39, 0.29) is 5.69 Å². The Morgan fingerprint density at radius 3 is 2.81 bits per heavy atom. The van der Waals surface area contributed by atoms with Crippen LogP contribution in [0.3, 0.4) is 0 Å². The summed E-state index contributed by atoms with van der Waals surface area (Å²) in [6.07, 6.45) is 4.55. The number of hydrogen-bond acceptors (Lipinski definition) is 3. The highest BCUT2D eigenvalue weighted by molar-refractivity contribution is 5.86. The number of carboxylic acid groups (broad SMARTS) is 1. The van der Waals surface area contributed by atoms with Crippen LogP contribution in [-0.2, 0) is 0 Å². The Morgan fingerprint density at radius 1 is 1.43 bits per heavy atom. The molecule has 0 amide bonds. The molecular weight excluding hydrogens is 270 g/mol. The van der Waals surface area contributed by atoms with Crippen LogP contribution >= 0.6 is 0 Å². The van der Waals surface area contributed by atoms with Crippen molar-refractivity contribution in [1.29, 1.82) is 0 Å². The number of hydrogen-bond donors (Lipinski definition) is 2. The predicted octanol–water partition coefficient (Wildman–Crippen LogP) is 3.49. The van der Waals surface area contributed by atoms with E-state index in [1.165, 1.54) is 6.07 Å². The van der Waals surface area contributed by atoms with Gasteiger partial charge in [0.1, 0.15) is 5.69 Å². The van der Waals surface area contributed by atoms with Crippen LogP contribution in [0.15, 0.2) is 41.5 Å². The number of azide groups is 1. The predicted molar refractivity (Wildman–Crippen MR) is 78.6 cm³/mol. The number of rotatable bonds is 6. The largest absolute Gasteiger partial charge is 0.477 e. The summed E-state index contributed by atoms with van der Waals surface area (Å²) in [5.74, 6) is -1.03. The van der Waals surface area contributed by atoms with E-state index in [1.54, 1.807) is 0 Å². The summed E-state index contributed by atoms with van der Waals surface area (Å²) >= 11 is 0. The van der Waals surface area contributed by atoms with Gasteiger partial charge in [-0.05, 0) is 23.6 Å². The fourth-order valence-electron chi connectivity index (χ4n) is 1.74. The average Bonchev–Trinajstić information content (AvgIpc) is 2.98. The first kappa shape index (κ1) is 14.4. The standard InChI is InChI=1S/C14H13N5O2/c15-19-16-8-2-1-3-10-4-6-11(7-5-10)12-9-13(14(20)21)18-17-12/h1,3-7,9H,2,8H2,(H,17,18)(H,20,21). The molecule has 21 heavy (non-hydrogen) atoms. The van der Waals surface area contributed by atoms with Crippen molar-refractivity contribution in [3.63, 3.8) is 0 Å². The minimum absolute atomic E-state index is 0.0621. The van der Waals surface area contributed by atoms with Crippen LogP contribution < -0.4 is 0 Å². The Balaban J connectivity index is 2.04. The lowest BCUT2D eigenvalue weighted by Crippen LogP contribution is -1.95. The highest BCUT2D eigenvalue weighted by Crippen LogP contribution is 2.19. The number of carboxylic acids is 1. The molecule has 7 nitrogen and oxygen atoms in total. The maximum absolute atomic E-state index is 10.8. The summed E-state index contributed by atoms with van der Waals surface area (Å²) in [7, 11) is 0. The van der Waals surface area contributed by atoms with Gasteiger partial charge < -0.3 is 5.11 Å². The Hall–Kier alpha value is -3.05. The molecule has 0 aliphatic carbocycles. The molecule has 0 bridgehead atoms. The molecular formula is C14H13N5O2. The SMILES string of the molecule is [N-]=[N+]=NCCC=Cc1ccc(-c2cc(C(=O)O)[nH]n2)cc1. The highest BCUT2D eigenvalue weighted by Gasteiger charge is 2.08. The van der Waals surface area contributed by atoms with E-state index in [9.17, 15) is 4.79 Å². The van der Waals surface area contributed by atoms with E-state index in [0.29, 0.717) is 18.7 Å². The quantitative estimate of drug-likeness (QED) is 0.366. The van der Waals surface area contributed by atoms with Gasteiger partial charge in [0.2, 0.25) is 0 Å². The van der Waals surface area contributed by atoms with Crippen molar-refractivity contribution in [1.82, 2.24) is 10.2 Å². The zero-order valence-electron chi connectivity index (χ0n) is 11.1. The second-order valence-electron chi connectivity index (χ2n) is 4.24. The molecule has 0 fully saturated rings. The van der Waals surface area contributed by atoms with Crippen LogP contribution in [0.2, 0.25) is 0 Å². The summed E-state index contributed by atoms with van der Waals surface area (Å²) in [5, 5.41) is 18.7. The van der Waals surface area contributed by atoms with Crippen LogP contribution in [0.4, 0.5) is 0 Å². The van der Waals surface area contributed by atoms with Crippen molar-refractivity contribution in [3.05, 3.63) is 58.1 Å². The maximum atomic E-state index is 10.8. The Morgan fingerprint density at radius 2 is 2.19 bits per heavy atom. The van der Waals surface area contributed by atoms with Crippen LogP contribution in [0.25, 0.3) is 27.8 Å². The second-order valence-corrected chi connectivity index (χ2v) is 4.24. The smallest absolute Gasteiger partial charge is 0.353 e. The molecule has 0 aliphatic heterocycles. The van der Waals surface area contributed by atoms with Crippen LogP contribution in [0.5, 0.6) is 0 Å². The van der Waals surface area contributed by atoms with E-state index < -0.39 is 5.97 Å². The van der Waals surface area contributed by atoms with Crippen molar-refractivity contribution >= 4 is 12.0 Å². The van der Waals surface area contributed by atoms with Gasteiger partial charge in [0.05, 0.1) is 5.69 Å². The topological polar surface area (TPSA) is 115 Å². The molecule has 0 unspecified atom stereocenters. The van der Waals surface area contributed by atoms with E-state index >= 15 is 0 Å². The monoisotopic (exact) mass is 283 g/mol. The molecule has 7 heteroatoms. The van der Waals surface area contributed by atoms with Crippen molar-refractivity contribution < 1.29 is 9.90 Å². The minimum Gasteiger partial charge on any atom is -0.477 e. The van der Waals surface area contributed by atoms with Gasteiger partial charge in [0.15, 0.2) is 0 Å². The highest BCUT2D eigenvalue weighted by atomic mass is 16.4. The third-order valence-electron chi connectivity index (χ3n) is 2.78. The van der Waals surface area contributed by atoms with Crippen LogP contribution in [0, 0.1) is 0 Å².